The summed E-state index contributed by atoms with van der Waals surface area (Å²) in [5, 5.41) is 1.03. The first-order valence-corrected chi connectivity index (χ1v) is 7.96. The molecule has 0 unspecified atom stereocenters. The third kappa shape index (κ3) is 3.10. The SMILES string of the molecule is O=C(/C=C/c1ccnc2ccccc12)c1ccc(-n2ccnc2)cc1. The number of ketones is 1. The molecule has 4 heteroatoms. The van der Waals surface area contributed by atoms with Gasteiger partial charge in [0, 0.05) is 35.2 Å². The molecule has 0 aliphatic carbocycles. The molecule has 0 saturated carbocycles. The maximum atomic E-state index is 12.4. The molecule has 4 aromatic rings. The van der Waals surface area contributed by atoms with Crippen LogP contribution in [0.5, 0.6) is 0 Å². The summed E-state index contributed by atoms with van der Waals surface area (Å²) in [4.78, 5) is 20.8. The van der Waals surface area contributed by atoms with Gasteiger partial charge in [0.05, 0.1) is 11.8 Å². The highest BCUT2D eigenvalue weighted by molar-refractivity contribution is 6.07. The maximum absolute atomic E-state index is 12.4. The van der Waals surface area contributed by atoms with E-state index in [4.69, 9.17) is 0 Å². The molecule has 4 nitrogen and oxygen atoms in total. The van der Waals surface area contributed by atoms with Gasteiger partial charge in [-0.2, -0.15) is 0 Å². The van der Waals surface area contributed by atoms with Crippen molar-refractivity contribution in [1.29, 1.82) is 0 Å². The fourth-order valence-electron chi connectivity index (χ4n) is 2.73. The highest BCUT2D eigenvalue weighted by Gasteiger charge is 2.04. The summed E-state index contributed by atoms with van der Waals surface area (Å²) in [7, 11) is 0. The first kappa shape index (κ1) is 15.0. The summed E-state index contributed by atoms with van der Waals surface area (Å²) in [6, 6.07) is 17.3. The van der Waals surface area contributed by atoms with E-state index in [-0.39, 0.29) is 5.78 Å². The van der Waals surface area contributed by atoms with Gasteiger partial charge in [-0.25, -0.2) is 4.98 Å². The van der Waals surface area contributed by atoms with Crippen LogP contribution in [0, 0.1) is 0 Å². The first-order chi connectivity index (χ1) is 12.3. The highest BCUT2D eigenvalue weighted by Crippen LogP contribution is 2.18. The molecule has 4 rings (SSSR count). The number of hydrogen-bond donors (Lipinski definition) is 0. The molecule has 2 heterocycles. The van der Waals surface area contributed by atoms with E-state index in [2.05, 4.69) is 9.97 Å². The van der Waals surface area contributed by atoms with E-state index in [9.17, 15) is 4.79 Å². The lowest BCUT2D eigenvalue weighted by molar-refractivity contribution is 0.104. The Labute approximate surface area is 145 Å². The normalized spacial score (nSPS) is 11.2. The van der Waals surface area contributed by atoms with Crippen LogP contribution < -0.4 is 0 Å². The van der Waals surface area contributed by atoms with E-state index >= 15 is 0 Å². The Morgan fingerprint density at radius 3 is 2.60 bits per heavy atom. The second kappa shape index (κ2) is 6.53. The summed E-state index contributed by atoms with van der Waals surface area (Å²) in [6.07, 6.45) is 10.5. The zero-order valence-electron chi connectivity index (χ0n) is 13.4. The van der Waals surface area contributed by atoms with Crippen LogP contribution in [0.25, 0.3) is 22.7 Å². The maximum Gasteiger partial charge on any atom is 0.185 e. The summed E-state index contributed by atoms with van der Waals surface area (Å²) < 4.78 is 1.90. The van der Waals surface area contributed by atoms with Crippen molar-refractivity contribution in [2.75, 3.05) is 0 Å². The predicted octanol–water partition coefficient (Wildman–Crippen LogP) is 4.32. The molecule has 0 radical (unpaired) electrons. The smallest absolute Gasteiger partial charge is 0.185 e. The van der Waals surface area contributed by atoms with Crippen molar-refractivity contribution in [3.63, 3.8) is 0 Å². The van der Waals surface area contributed by atoms with E-state index < -0.39 is 0 Å². The van der Waals surface area contributed by atoms with Gasteiger partial charge in [-0.05, 0) is 48.0 Å². The Morgan fingerprint density at radius 1 is 0.960 bits per heavy atom. The Bertz CT molecular complexity index is 1040. The van der Waals surface area contributed by atoms with Crippen molar-refractivity contribution in [3.8, 4) is 5.69 Å². The summed E-state index contributed by atoms with van der Waals surface area (Å²) in [5.41, 5.74) is 3.52. The fourth-order valence-corrected chi connectivity index (χ4v) is 2.73. The molecule has 0 N–H and O–H groups in total. The molecule has 0 amide bonds. The van der Waals surface area contributed by atoms with E-state index in [1.54, 1.807) is 24.8 Å². The molecular weight excluding hydrogens is 310 g/mol. The van der Waals surface area contributed by atoms with Gasteiger partial charge in [-0.3, -0.25) is 9.78 Å². The number of allylic oxidation sites excluding steroid dienone is 1. The number of rotatable bonds is 4. The molecule has 2 aromatic carbocycles. The number of imidazole rings is 1. The molecule has 120 valence electrons. The van der Waals surface area contributed by atoms with Crippen molar-refractivity contribution in [3.05, 3.63) is 96.7 Å². The predicted molar refractivity (Wildman–Crippen MR) is 98.7 cm³/mol. The van der Waals surface area contributed by atoms with E-state index in [1.807, 2.05) is 71.4 Å². The van der Waals surface area contributed by atoms with Crippen molar-refractivity contribution < 1.29 is 4.79 Å². The van der Waals surface area contributed by atoms with Crippen LogP contribution in [0.4, 0.5) is 0 Å². The molecule has 0 atom stereocenters. The van der Waals surface area contributed by atoms with Crippen LogP contribution in [0.3, 0.4) is 0 Å². The van der Waals surface area contributed by atoms with Crippen molar-refractivity contribution in [1.82, 2.24) is 14.5 Å². The Morgan fingerprint density at radius 2 is 1.80 bits per heavy atom. The topological polar surface area (TPSA) is 47.8 Å². The van der Waals surface area contributed by atoms with Gasteiger partial charge in [0.25, 0.3) is 0 Å². The number of para-hydroxylation sites is 1. The number of carbonyl (C=O) groups excluding carboxylic acids is 1. The van der Waals surface area contributed by atoms with E-state index in [0.717, 1.165) is 22.2 Å². The molecule has 0 spiro atoms. The standard InChI is InChI=1S/C21H15N3O/c25-21(17-5-8-18(9-6-17)24-14-13-22-15-24)10-7-16-11-12-23-20-4-2-1-3-19(16)20/h1-15H/b10-7+. The van der Waals surface area contributed by atoms with Crippen molar-refractivity contribution in [2.45, 2.75) is 0 Å². The summed E-state index contributed by atoms with van der Waals surface area (Å²) in [5.74, 6) is -0.0296. The van der Waals surface area contributed by atoms with Crippen LogP contribution >= 0.6 is 0 Å². The minimum atomic E-state index is -0.0296. The number of hydrogen-bond acceptors (Lipinski definition) is 3. The van der Waals surface area contributed by atoms with Crippen molar-refractivity contribution in [2.24, 2.45) is 0 Å². The van der Waals surface area contributed by atoms with Crippen LogP contribution in [0.2, 0.25) is 0 Å². The highest BCUT2D eigenvalue weighted by atomic mass is 16.1. The summed E-state index contributed by atoms with van der Waals surface area (Å²) >= 11 is 0. The largest absolute Gasteiger partial charge is 0.306 e. The van der Waals surface area contributed by atoms with Crippen molar-refractivity contribution >= 4 is 22.8 Å². The zero-order valence-corrected chi connectivity index (χ0v) is 13.4. The second-order valence-corrected chi connectivity index (χ2v) is 5.63. The van der Waals surface area contributed by atoms with Gasteiger partial charge >= 0.3 is 0 Å². The van der Waals surface area contributed by atoms with Gasteiger partial charge < -0.3 is 4.57 Å². The number of benzene rings is 2. The second-order valence-electron chi connectivity index (χ2n) is 5.63. The monoisotopic (exact) mass is 325 g/mol. The molecule has 2 aromatic heterocycles. The molecule has 25 heavy (non-hydrogen) atoms. The van der Waals surface area contributed by atoms with Gasteiger partial charge in [-0.1, -0.05) is 24.3 Å². The number of fused-ring (bicyclic) bond motifs is 1. The minimum absolute atomic E-state index is 0.0296. The van der Waals surface area contributed by atoms with Crippen LogP contribution in [0.1, 0.15) is 15.9 Å². The first-order valence-electron chi connectivity index (χ1n) is 7.96. The van der Waals surface area contributed by atoms with Gasteiger partial charge in [0.1, 0.15) is 0 Å². The lowest BCUT2D eigenvalue weighted by Crippen LogP contribution is -1.96. The number of nitrogens with zero attached hydrogens (tertiary/aromatic N) is 3. The minimum Gasteiger partial charge on any atom is -0.306 e. The zero-order chi connectivity index (χ0) is 17.1. The number of pyridine rings is 1. The molecule has 0 bridgehead atoms. The molecular formula is C21H15N3O. The number of carbonyl (C=O) groups is 1. The average Bonchev–Trinajstić information content (AvgIpc) is 3.21. The molecule has 0 fully saturated rings. The molecule has 0 aliphatic rings. The summed E-state index contributed by atoms with van der Waals surface area (Å²) in [6.45, 7) is 0. The van der Waals surface area contributed by atoms with Gasteiger partial charge in [0.2, 0.25) is 0 Å². The third-order valence-electron chi connectivity index (χ3n) is 4.05. The Balaban J connectivity index is 1.58. The third-order valence-corrected chi connectivity index (χ3v) is 4.05. The average molecular weight is 325 g/mol. The van der Waals surface area contributed by atoms with Crippen LogP contribution in [-0.4, -0.2) is 20.3 Å². The van der Waals surface area contributed by atoms with Crippen LogP contribution in [0.15, 0.2) is 85.6 Å². The van der Waals surface area contributed by atoms with E-state index in [1.165, 1.54) is 0 Å². The Kier molecular flexibility index (Phi) is 3.92. The molecule has 0 aliphatic heterocycles. The van der Waals surface area contributed by atoms with Crippen LogP contribution in [-0.2, 0) is 0 Å². The Hall–Kier alpha value is -3.53. The quantitative estimate of drug-likeness (QED) is 0.415. The lowest BCUT2D eigenvalue weighted by atomic mass is 10.1. The van der Waals surface area contributed by atoms with Gasteiger partial charge in [-0.15, -0.1) is 0 Å². The number of aromatic nitrogens is 3. The fraction of sp³-hybridized carbons (Fsp3) is 0. The lowest BCUT2D eigenvalue weighted by Gasteiger charge is -2.03. The van der Waals surface area contributed by atoms with E-state index in [0.29, 0.717) is 5.56 Å². The molecule has 0 saturated heterocycles. The van der Waals surface area contributed by atoms with Gasteiger partial charge in [0.15, 0.2) is 5.78 Å².